The summed E-state index contributed by atoms with van der Waals surface area (Å²) in [6.07, 6.45) is 12.6. The lowest BCUT2D eigenvalue weighted by molar-refractivity contribution is 0.370. The summed E-state index contributed by atoms with van der Waals surface area (Å²) >= 11 is 0. The molecule has 2 atom stereocenters. The van der Waals surface area contributed by atoms with Gasteiger partial charge in [0.2, 0.25) is 0 Å². The number of fused-ring (bicyclic) bond motifs is 3. The van der Waals surface area contributed by atoms with E-state index in [9.17, 15) is 0 Å². The van der Waals surface area contributed by atoms with Crippen molar-refractivity contribution in [2.75, 3.05) is 0 Å². The molecule has 0 bridgehead atoms. The fourth-order valence-corrected chi connectivity index (χ4v) is 5.52. The smallest absolute Gasteiger partial charge is 0.0133 e. The Morgan fingerprint density at radius 2 is 1.65 bits per heavy atom. The van der Waals surface area contributed by atoms with E-state index in [0.717, 1.165) is 5.92 Å². The van der Waals surface area contributed by atoms with Crippen LogP contribution in [0.4, 0.5) is 0 Å². The second-order valence-corrected chi connectivity index (χ2v) is 8.75. The Labute approximate surface area is 160 Å². The maximum Gasteiger partial charge on any atom is 0.0133 e. The molecule has 0 heteroatoms. The molecule has 2 unspecified atom stereocenters. The predicted molar refractivity (Wildman–Crippen MR) is 113 cm³/mol. The number of benzene rings is 2. The summed E-state index contributed by atoms with van der Waals surface area (Å²) in [6, 6.07) is 11.9. The van der Waals surface area contributed by atoms with E-state index in [0.29, 0.717) is 5.92 Å². The molecular weight excluding hydrogens is 312 g/mol. The molecule has 0 saturated heterocycles. The number of hydrogen-bond acceptors (Lipinski definition) is 0. The number of aryl methyl sites for hydroxylation is 2. The van der Waals surface area contributed by atoms with Crippen LogP contribution in [0.15, 0.2) is 30.3 Å². The van der Waals surface area contributed by atoms with Gasteiger partial charge in [-0.2, -0.15) is 0 Å². The van der Waals surface area contributed by atoms with Crippen LogP contribution >= 0.6 is 0 Å². The zero-order valence-electron chi connectivity index (χ0n) is 16.9. The molecule has 0 aliphatic heterocycles. The van der Waals surface area contributed by atoms with E-state index in [2.05, 4.69) is 51.1 Å². The molecule has 0 saturated carbocycles. The van der Waals surface area contributed by atoms with Crippen LogP contribution in [0, 0.1) is 19.8 Å². The van der Waals surface area contributed by atoms with E-state index in [-0.39, 0.29) is 0 Å². The van der Waals surface area contributed by atoms with E-state index >= 15 is 0 Å². The lowest BCUT2D eigenvalue weighted by Crippen LogP contribution is -2.20. The van der Waals surface area contributed by atoms with Gasteiger partial charge in [0, 0.05) is 5.92 Å². The van der Waals surface area contributed by atoms with Gasteiger partial charge in [-0.1, -0.05) is 81.3 Å². The minimum atomic E-state index is 0.666. The van der Waals surface area contributed by atoms with Crippen molar-refractivity contribution in [3.63, 3.8) is 0 Å². The van der Waals surface area contributed by atoms with Gasteiger partial charge in [0.25, 0.3) is 0 Å². The van der Waals surface area contributed by atoms with E-state index in [1.165, 1.54) is 74.5 Å². The highest BCUT2D eigenvalue weighted by atomic mass is 14.4. The van der Waals surface area contributed by atoms with E-state index in [4.69, 9.17) is 0 Å². The molecule has 2 aromatic carbocycles. The molecular formula is C26H34. The second kappa shape index (κ2) is 7.59. The van der Waals surface area contributed by atoms with Crippen LogP contribution < -0.4 is 0 Å². The molecule has 0 fully saturated rings. The first-order valence-corrected chi connectivity index (χ1v) is 10.9. The third-order valence-corrected chi connectivity index (χ3v) is 6.90. The van der Waals surface area contributed by atoms with Gasteiger partial charge in [0.1, 0.15) is 0 Å². The lowest BCUT2D eigenvalue weighted by atomic mass is 9.71. The summed E-state index contributed by atoms with van der Waals surface area (Å²) in [6.45, 7) is 6.87. The maximum absolute atomic E-state index is 2.48. The fourth-order valence-electron chi connectivity index (χ4n) is 5.52. The highest BCUT2D eigenvalue weighted by Crippen LogP contribution is 2.54. The van der Waals surface area contributed by atoms with Crippen LogP contribution in [0.5, 0.6) is 0 Å². The molecule has 4 rings (SSSR count). The van der Waals surface area contributed by atoms with Gasteiger partial charge in [0.15, 0.2) is 0 Å². The first kappa shape index (κ1) is 17.8. The summed E-state index contributed by atoms with van der Waals surface area (Å²) in [5.74, 6) is 1.51. The molecule has 0 aromatic heterocycles. The van der Waals surface area contributed by atoms with Crippen LogP contribution in [-0.4, -0.2) is 0 Å². The largest absolute Gasteiger partial charge is 0.0654 e. The van der Waals surface area contributed by atoms with E-state index in [1.807, 2.05) is 0 Å². The Morgan fingerprint density at radius 1 is 0.885 bits per heavy atom. The van der Waals surface area contributed by atoms with Crippen LogP contribution in [0.2, 0.25) is 0 Å². The third kappa shape index (κ3) is 3.13. The minimum absolute atomic E-state index is 0.666. The number of unbranched alkanes of at least 4 members (excludes halogenated alkanes) is 5. The highest BCUT2D eigenvalue weighted by molar-refractivity contribution is 5.81. The van der Waals surface area contributed by atoms with Crippen molar-refractivity contribution in [2.45, 2.75) is 84.5 Å². The van der Waals surface area contributed by atoms with Crippen molar-refractivity contribution in [1.29, 1.82) is 0 Å². The third-order valence-electron chi connectivity index (χ3n) is 6.90. The first-order valence-electron chi connectivity index (χ1n) is 10.9. The van der Waals surface area contributed by atoms with Crippen LogP contribution in [0.3, 0.4) is 0 Å². The second-order valence-electron chi connectivity index (χ2n) is 8.75. The van der Waals surface area contributed by atoms with Crippen LogP contribution in [0.25, 0.3) is 11.1 Å². The van der Waals surface area contributed by atoms with Gasteiger partial charge >= 0.3 is 0 Å². The average Bonchev–Trinajstić information content (AvgIpc) is 2.97. The van der Waals surface area contributed by atoms with Crippen molar-refractivity contribution >= 4 is 0 Å². The molecule has 0 spiro atoms. The lowest BCUT2D eigenvalue weighted by Gasteiger charge is -2.33. The zero-order chi connectivity index (χ0) is 18.1. The predicted octanol–water partition coefficient (Wildman–Crippen LogP) is 7.73. The average molecular weight is 347 g/mol. The molecule has 2 aliphatic carbocycles. The summed E-state index contributed by atoms with van der Waals surface area (Å²) in [5, 5.41) is 0. The van der Waals surface area contributed by atoms with Crippen molar-refractivity contribution < 1.29 is 0 Å². The molecule has 0 heterocycles. The van der Waals surface area contributed by atoms with Gasteiger partial charge in [0.05, 0.1) is 0 Å². The Kier molecular flexibility index (Phi) is 5.20. The topological polar surface area (TPSA) is 0 Å². The Bertz CT molecular complexity index is 783. The molecule has 0 N–H and O–H groups in total. The van der Waals surface area contributed by atoms with Crippen molar-refractivity contribution in [3.05, 3.63) is 58.1 Å². The molecule has 0 nitrogen and oxygen atoms in total. The Balaban J connectivity index is 1.59. The number of rotatable bonds is 7. The zero-order valence-corrected chi connectivity index (χ0v) is 16.9. The summed E-state index contributed by atoms with van der Waals surface area (Å²) in [4.78, 5) is 0. The maximum atomic E-state index is 2.48. The fraction of sp³-hybridized carbons (Fsp3) is 0.538. The SMILES string of the molecule is CCCCCCCCC1CCc2c(C)ccc3c2C1c1cc(C)ccc1-3. The standard InChI is InChI=1S/C26H34/c1-4-5-6-7-8-9-10-20-13-16-21-19(3)12-15-23-22-14-11-18(2)17-24(22)25(20)26(21)23/h11-12,14-15,17,20,25H,4-10,13,16H2,1-3H3. The molecule has 0 radical (unpaired) electrons. The molecule has 26 heavy (non-hydrogen) atoms. The summed E-state index contributed by atoms with van der Waals surface area (Å²) < 4.78 is 0. The molecule has 2 aromatic rings. The van der Waals surface area contributed by atoms with Gasteiger partial charge in [-0.25, -0.2) is 0 Å². The van der Waals surface area contributed by atoms with Crippen LogP contribution in [-0.2, 0) is 6.42 Å². The van der Waals surface area contributed by atoms with Gasteiger partial charge in [-0.05, 0) is 72.4 Å². The monoisotopic (exact) mass is 346 g/mol. The summed E-state index contributed by atoms with van der Waals surface area (Å²) in [5.41, 5.74) is 11.0. The van der Waals surface area contributed by atoms with E-state index < -0.39 is 0 Å². The van der Waals surface area contributed by atoms with Crippen molar-refractivity contribution in [2.24, 2.45) is 5.92 Å². The normalized spacial score (nSPS) is 20.1. The Hall–Kier alpha value is -1.56. The highest BCUT2D eigenvalue weighted by Gasteiger charge is 2.39. The quantitative estimate of drug-likeness (QED) is 0.450. The number of hydrogen-bond donors (Lipinski definition) is 0. The summed E-state index contributed by atoms with van der Waals surface area (Å²) in [7, 11) is 0. The molecule has 138 valence electrons. The van der Waals surface area contributed by atoms with Crippen molar-refractivity contribution in [1.82, 2.24) is 0 Å². The van der Waals surface area contributed by atoms with Gasteiger partial charge in [-0.15, -0.1) is 0 Å². The van der Waals surface area contributed by atoms with Crippen LogP contribution in [0.1, 0.15) is 92.0 Å². The first-order chi connectivity index (χ1) is 12.7. The van der Waals surface area contributed by atoms with E-state index in [1.54, 1.807) is 22.3 Å². The molecule has 2 aliphatic rings. The Morgan fingerprint density at radius 3 is 2.50 bits per heavy atom. The van der Waals surface area contributed by atoms with Crippen molar-refractivity contribution in [3.8, 4) is 11.1 Å². The molecule has 0 amide bonds. The van der Waals surface area contributed by atoms with Gasteiger partial charge in [-0.3, -0.25) is 0 Å². The minimum Gasteiger partial charge on any atom is -0.0654 e. The van der Waals surface area contributed by atoms with Gasteiger partial charge < -0.3 is 0 Å².